The first-order valence-electron chi connectivity index (χ1n) is 14.1. The molecule has 0 saturated heterocycles. The number of carbonyl (C=O) groups excluding carboxylic acids is 3. The van der Waals surface area contributed by atoms with E-state index >= 15 is 0 Å². The highest BCUT2D eigenvalue weighted by molar-refractivity contribution is 8.00. The molecule has 0 fully saturated rings. The fourth-order valence-electron chi connectivity index (χ4n) is 4.88. The number of para-hydroxylation sites is 2. The van der Waals surface area contributed by atoms with Crippen LogP contribution in [-0.2, 0) is 28.9 Å². The third-order valence-corrected chi connectivity index (χ3v) is 10.1. The standard InChI is InChI=1S/C30H33N5O5S3/c1-4-40-29(38)25-19-11-6-5-7-14-22(19)43-28(25)32-26(36)18(2)42-30-34-33-24(17-31-27(37)23-15-10-16-41-23)35(30)20-12-8-9-13-21(20)39-3/h8-10,12-13,15-16,18H,4-7,11,14,17H2,1-3H3,(H,31,37)(H,32,36). The number of nitrogens with one attached hydrogen (secondary N) is 2. The van der Waals surface area contributed by atoms with Gasteiger partial charge in [-0.1, -0.05) is 36.4 Å². The lowest BCUT2D eigenvalue weighted by molar-refractivity contribution is -0.115. The number of thiophene rings is 2. The zero-order chi connectivity index (χ0) is 30.3. The minimum absolute atomic E-state index is 0.118. The Morgan fingerprint density at radius 1 is 1.09 bits per heavy atom. The van der Waals surface area contributed by atoms with Gasteiger partial charge in [-0.3, -0.25) is 14.2 Å². The molecule has 3 aromatic heterocycles. The monoisotopic (exact) mass is 639 g/mol. The fourth-order valence-corrected chi connectivity index (χ4v) is 7.68. The van der Waals surface area contributed by atoms with Crippen molar-refractivity contribution >= 4 is 57.2 Å². The molecular weight excluding hydrogens is 607 g/mol. The molecule has 10 nitrogen and oxygen atoms in total. The van der Waals surface area contributed by atoms with Gasteiger partial charge in [0, 0.05) is 4.88 Å². The van der Waals surface area contributed by atoms with E-state index in [4.69, 9.17) is 9.47 Å². The highest BCUT2D eigenvalue weighted by Gasteiger charge is 2.29. The van der Waals surface area contributed by atoms with Crippen LogP contribution in [0.15, 0.2) is 46.9 Å². The summed E-state index contributed by atoms with van der Waals surface area (Å²) in [4.78, 5) is 40.9. The Hall–Kier alpha value is -3.68. The maximum Gasteiger partial charge on any atom is 0.341 e. The van der Waals surface area contributed by atoms with Crippen molar-refractivity contribution < 1.29 is 23.9 Å². The van der Waals surface area contributed by atoms with Crippen molar-refractivity contribution in [2.45, 2.75) is 62.9 Å². The van der Waals surface area contributed by atoms with Crippen molar-refractivity contribution in [3.05, 3.63) is 68.5 Å². The van der Waals surface area contributed by atoms with Crippen LogP contribution < -0.4 is 15.4 Å². The number of carbonyl (C=O) groups is 3. The number of esters is 1. The van der Waals surface area contributed by atoms with Gasteiger partial charge in [-0.25, -0.2) is 4.79 Å². The smallest absolute Gasteiger partial charge is 0.341 e. The highest BCUT2D eigenvalue weighted by atomic mass is 32.2. The van der Waals surface area contributed by atoms with Gasteiger partial charge in [0.1, 0.15) is 10.8 Å². The molecule has 0 saturated carbocycles. The van der Waals surface area contributed by atoms with E-state index < -0.39 is 11.2 Å². The number of hydrogen-bond acceptors (Lipinski definition) is 10. The molecule has 0 spiro atoms. The number of hydrogen-bond donors (Lipinski definition) is 2. The van der Waals surface area contributed by atoms with Gasteiger partial charge in [-0.15, -0.1) is 32.9 Å². The van der Waals surface area contributed by atoms with Crippen LogP contribution in [0.4, 0.5) is 5.00 Å². The van der Waals surface area contributed by atoms with Crippen molar-refractivity contribution in [2.24, 2.45) is 0 Å². The van der Waals surface area contributed by atoms with Crippen molar-refractivity contribution in [1.29, 1.82) is 0 Å². The van der Waals surface area contributed by atoms with Gasteiger partial charge in [-0.05, 0) is 68.7 Å². The molecule has 1 unspecified atom stereocenters. The van der Waals surface area contributed by atoms with E-state index in [1.807, 2.05) is 35.7 Å². The van der Waals surface area contributed by atoms with Crippen LogP contribution in [0.3, 0.4) is 0 Å². The molecule has 0 bridgehead atoms. The van der Waals surface area contributed by atoms with Crippen molar-refractivity contribution in [2.75, 3.05) is 19.0 Å². The van der Waals surface area contributed by atoms with Crippen LogP contribution >= 0.6 is 34.4 Å². The summed E-state index contributed by atoms with van der Waals surface area (Å²) < 4.78 is 12.8. The molecule has 3 heterocycles. The van der Waals surface area contributed by atoms with Crippen LogP contribution in [0.25, 0.3) is 5.69 Å². The molecule has 4 aromatic rings. The zero-order valence-corrected chi connectivity index (χ0v) is 26.6. The van der Waals surface area contributed by atoms with Crippen LogP contribution in [-0.4, -0.2) is 51.5 Å². The number of thioether (sulfide) groups is 1. The molecule has 1 aliphatic rings. The van der Waals surface area contributed by atoms with Gasteiger partial charge >= 0.3 is 5.97 Å². The summed E-state index contributed by atoms with van der Waals surface area (Å²) >= 11 is 4.05. The summed E-state index contributed by atoms with van der Waals surface area (Å²) in [5, 5.41) is 16.9. The van der Waals surface area contributed by atoms with Gasteiger partial charge in [0.25, 0.3) is 5.91 Å². The van der Waals surface area contributed by atoms with Crippen molar-refractivity contribution in [1.82, 2.24) is 20.1 Å². The second kappa shape index (κ2) is 14.2. The molecule has 13 heteroatoms. The number of rotatable bonds is 11. The summed E-state index contributed by atoms with van der Waals surface area (Å²) in [6, 6.07) is 11.0. The third kappa shape index (κ3) is 6.94. The quantitative estimate of drug-likeness (QED) is 0.118. The van der Waals surface area contributed by atoms with Crippen LogP contribution in [0.2, 0.25) is 0 Å². The second-order valence-electron chi connectivity index (χ2n) is 9.80. The first-order chi connectivity index (χ1) is 20.9. The van der Waals surface area contributed by atoms with E-state index in [9.17, 15) is 14.4 Å². The Morgan fingerprint density at radius 3 is 2.67 bits per heavy atom. The predicted octanol–water partition coefficient (Wildman–Crippen LogP) is 5.89. The lowest BCUT2D eigenvalue weighted by Gasteiger charge is -2.16. The molecule has 1 aromatic carbocycles. The number of ether oxygens (including phenoxy) is 2. The summed E-state index contributed by atoms with van der Waals surface area (Å²) in [6.07, 6.45) is 4.87. The Labute approximate surface area is 262 Å². The molecule has 5 rings (SSSR count). The highest BCUT2D eigenvalue weighted by Crippen LogP contribution is 2.39. The Bertz CT molecular complexity index is 1600. The van der Waals surface area contributed by atoms with Crippen molar-refractivity contribution in [3.8, 4) is 11.4 Å². The minimum atomic E-state index is -0.594. The molecule has 2 N–H and O–H groups in total. The number of nitrogens with zero attached hydrogens (tertiary/aromatic N) is 3. The van der Waals surface area contributed by atoms with Gasteiger partial charge in [-0.2, -0.15) is 0 Å². The summed E-state index contributed by atoms with van der Waals surface area (Å²) in [7, 11) is 1.58. The van der Waals surface area contributed by atoms with Crippen LogP contribution in [0.1, 0.15) is 69.4 Å². The normalized spacial score (nSPS) is 13.5. The first-order valence-corrected chi connectivity index (χ1v) is 16.7. The maximum atomic E-state index is 13.5. The number of anilines is 1. The van der Waals surface area contributed by atoms with Gasteiger partial charge < -0.3 is 20.1 Å². The third-order valence-electron chi connectivity index (χ3n) is 6.97. The van der Waals surface area contributed by atoms with E-state index in [2.05, 4.69) is 20.8 Å². The van der Waals surface area contributed by atoms with E-state index in [-0.39, 0.29) is 25.0 Å². The topological polar surface area (TPSA) is 124 Å². The predicted molar refractivity (Wildman–Crippen MR) is 169 cm³/mol. The molecule has 2 amide bonds. The number of methoxy groups -OCH3 is 1. The first kappa shape index (κ1) is 30.8. The zero-order valence-electron chi connectivity index (χ0n) is 24.2. The van der Waals surface area contributed by atoms with Crippen LogP contribution in [0.5, 0.6) is 5.75 Å². The second-order valence-corrected chi connectivity index (χ2v) is 13.2. The summed E-state index contributed by atoms with van der Waals surface area (Å²) in [5.74, 6) is 0.192. The minimum Gasteiger partial charge on any atom is -0.495 e. The summed E-state index contributed by atoms with van der Waals surface area (Å²) in [6.45, 7) is 3.94. The molecule has 1 aliphatic carbocycles. The number of fused-ring (bicyclic) bond motifs is 1. The maximum absolute atomic E-state index is 13.5. The molecule has 0 aliphatic heterocycles. The Morgan fingerprint density at radius 2 is 1.91 bits per heavy atom. The average molecular weight is 640 g/mol. The SMILES string of the molecule is CCOC(=O)c1c(NC(=O)C(C)Sc2nnc(CNC(=O)c3cccs3)n2-c2ccccc2OC)sc2c1CCCCC2. The number of benzene rings is 1. The molecule has 226 valence electrons. The number of aromatic nitrogens is 3. The van der Waals surface area contributed by atoms with Crippen LogP contribution in [0, 0.1) is 0 Å². The van der Waals surface area contributed by atoms with E-state index in [0.29, 0.717) is 37.9 Å². The van der Waals surface area contributed by atoms with E-state index in [1.54, 1.807) is 31.6 Å². The lowest BCUT2D eigenvalue weighted by atomic mass is 10.1. The van der Waals surface area contributed by atoms with Gasteiger partial charge in [0.2, 0.25) is 5.91 Å². The fraction of sp³-hybridized carbons (Fsp3) is 0.367. The molecular formula is C30H33N5O5S3. The number of amides is 2. The largest absolute Gasteiger partial charge is 0.495 e. The molecule has 0 radical (unpaired) electrons. The molecule has 1 atom stereocenters. The lowest BCUT2D eigenvalue weighted by Crippen LogP contribution is -2.25. The number of aryl methyl sites for hydroxylation is 1. The van der Waals surface area contributed by atoms with E-state index in [1.165, 1.54) is 34.4 Å². The van der Waals surface area contributed by atoms with Crippen molar-refractivity contribution in [3.63, 3.8) is 0 Å². The Kier molecular flexibility index (Phi) is 10.2. The molecule has 43 heavy (non-hydrogen) atoms. The Balaban J connectivity index is 1.39. The average Bonchev–Trinajstić information content (AvgIpc) is 3.72. The van der Waals surface area contributed by atoms with E-state index in [0.717, 1.165) is 42.5 Å². The summed E-state index contributed by atoms with van der Waals surface area (Å²) in [5.41, 5.74) is 2.16. The van der Waals surface area contributed by atoms with Gasteiger partial charge in [0.15, 0.2) is 11.0 Å². The van der Waals surface area contributed by atoms with Gasteiger partial charge in [0.05, 0.1) is 41.6 Å².